The number of nitriles is 1. The van der Waals surface area contributed by atoms with Crippen molar-refractivity contribution in [2.75, 3.05) is 11.1 Å². The molecule has 0 heterocycles. The lowest BCUT2D eigenvalue weighted by Gasteiger charge is -2.21. The molecule has 2 N–H and O–H groups in total. The van der Waals surface area contributed by atoms with Crippen LogP contribution in [0.15, 0.2) is 114 Å². The number of nitrogens with one attached hydrogen (secondary N) is 2. The number of aryl methyl sites for hydroxylation is 2. The first kappa shape index (κ1) is 31.3. The first-order chi connectivity index (χ1) is 20.8. The quantitative estimate of drug-likeness (QED) is 0.134. The summed E-state index contributed by atoms with van der Waals surface area (Å²) in [6.45, 7) is 3.88. The van der Waals surface area contributed by atoms with Crippen LogP contribution < -0.4 is 10.6 Å². The minimum atomic E-state index is -0.785. The molecular weight excluding hydrogens is 578 g/mol. The second-order valence-corrected chi connectivity index (χ2v) is 11.3. The van der Waals surface area contributed by atoms with Gasteiger partial charge in [0.15, 0.2) is 5.78 Å². The number of anilines is 1. The molecule has 0 aliphatic rings. The number of ketones is 1. The van der Waals surface area contributed by atoms with E-state index in [0.29, 0.717) is 27.4 Å². The molecule has 43 heavy (non-hydrogen) atoms. The van der Waals surface area contributed by atoms with Crippen LogP contribution in [0.25, 0.3) is 0 Å². The third kappa shape index (κ3) is 8.45. The maximum Gasteiger partial charge on any atom is 0.256 e. The van der Waals surface area contributed by atoms with Crippen LogP contribution in [0, 0.1) is 25.2 Å². The van der Waals surface area contributed by atoms with E-state index in [2.05, 4.69) is 16.7 Å². The molecule has 0 fully saturated rings. The van der Waals surface area contributed by atoms with E-state index < -0.39 is 11.8 Å². The van der Waals surface area contributed by atoms with Gasteiger partial charge in [0.25, 0.3) is 5.91 Å². The molecule has 4 rings (SSSR count). The van der Waals surface area contributed by atoms with Crippen LogP contribution >= 0.6 is 23.4 Å². The molecule has 0 unspecified atom stereocenters. The number of thioether (sulfide) groups is 1. The Bertz CT molecular complexity index is 1700. The maximum absolute atomic E-state index is 13.4. The molecule has 6 nitrogen and oxygen atoms in total. The van der Waals surface area contributed by atoms with E-state index in [4.69, 9.17) is 11.6 Å². The fourth-order valence-corrected chi connectivity index (χ4v) is 5.69. The van der Waals surface area contributed by atoms with Crippen LogP contribution in [-0.4, -0.2) is 23.4 Å². The summed E-state index contributed by atoms with van der Waals surface area (Å²) in [4.78, 5) is 39.8. The van der Waals surface area contributed by atoms with Crippen LogP contribution in [0.5, 0.6) is 0 Å². The van der Waals surface area contributed by atoms with E-state index in [1.54, 1.807) is 78.9 Å². The molecule has 4 aromatic rings. The molecule has 0 spiro atoms. The second kappa shape index (κ2) is 15.0. The number of nitrogens with zero attached hydrogens (tertiary/aromatic N) is 1. The van der Waals surface area contributed by atoms with Crippen molar-refractivity contribution in [2.45, 2.75) is 26.2 Å². The van der Waals surface area contributed by atoms with Crippen molar-refractivity contribution in [1.29, 1.82) is 5.26 Å². The Balaban J connectivity index is 1.73. The standard InChI is InChI=1S/C35H30ClN3O3S/c1-23-17-18-31(24(2)19-23)38-33(41)22-43-35(39-34(42)26-13-7-4-8-14-26)29(21-37)28(27-15-9-10-16-30(27)36)20-32(40)25-11-5-3-6-12-25/h3-19,28H,20,22H2,1-2H3,(H,38,41)(H,39,42)/b35-29+/t28-/m0/s1. The van der Waals surface area contributed by atoms with Crippen molar-refractivity contribution in [1.82, 2.24) is 5.32 Å². The molecule has 0 aliphatic heterocycles. The number of rotatable bonds is 11. The van der Waals surface area contributed by atoms with Crippen LogP contribution in [0.1, 0.15) is 49.7 Å². The number of halogens is 1. The SMILES string of the molecule is Cc1ccc(NC(=O)CS/C(NC(=O)c2ccccc2)=C(\C#N)[C@@H](CC(=O)c2ccccc2)c2ccccc2Cl)c(C)c1. The molecule has 8 heteroatoms. The van der Waals surface area contributed by atoms with Gasteiger partial charge in [0, 0.05) is 34.2 Å². The van der Waals surface area contributed by atoms with Gasteiger partial charge < -0.3 is 10.6 Å². The number of hydrogen-bond donors (Lipinski definition) is 2. The van der Waals surface area contributed by atoms with Gasteiger partial charge in [-0.1, -0.05) is 108 Å². The summed E-state index contributed by atoms with van der Waals surface area (Å²) >= 11 is 7.62. The number of Topliss-reactive ketones (excluding diaryl/α,β-unsaturated/α-hetero) is 1. The van der Waals surface area contributed by atoms with Gasteiger partial charge in [0.2, 0.25) is 5.91 Å². The lowest BCUT2D eigenvalue weighted by atomic mass is 9.86. The van der Waals surface area contributed by atoms with E-state index in [-0.39, 0.29) is 34.5 Å². The lowest BCUT2D eigenvalue weighted by Crippen LogP contribution is -2.26. The lowest BCUT2D eigenvalue weighted by molar-refractivity contribution is -0.113. The molecule has 216 valence electrons. The topological polar surface area (TPSA) is 99.1 Å². The highest BCUT2D eigenvalue weighted by Crippen LogP contribution is 2.37. The van der Waals surface area contributed by atoms with Gasteiger partial charge >= 0.3 is 0 Å². The van der Waals surface area contributed by atoms with Gasteiger partial charge in [0.1, 0.15) is 0 Å². The number of allylic oxidation sites excluding steroid dienone is 1. The van der Waals surface area contributed by atoms with E-state index >= 15 is 0 Å². The predicted octanol–water partition coefficient (Wildman–Crippen LogP) is 7.85. The molecule has 2 amide bonds. The van der Waals surface area contributed by atoms with Crippen molar-refractivity contribution >= 4 is 46.6 Å². The average molecular weight is 608 g/mol. The Morgan fingerprint density at radius 3 is 2.12 bits per heavy atom. The van der Waals surface area contributed by atoms with Crippen molar-refractivity contribution in [2.24, 2.45) is 0 Å². The van der Waals surface area contributed by atoms with Crippen LogP contribution in [0.2, 0.25) is 5.02 Å². The van der Waals surface area contributed by atoms with Gasteiger partial charge in [-0.3, -0.25) is 14.4 Å². The Morgan fingerprint density at radius 2 is 1.49 bits per heavy atom. The highest BCUT2D eigenvalue weighted by Gasteiger charge is 2.28. The molecule has 0 aromatic heterocycles. The zero-order chi connectivity index (χ0) is 30.8. The summed E-state index contributed by atoms with van der Waals surface area (Å²) in [6.07, 6.45) is -0.0728. The maximum atomic E-state index is 13.4. The van der Waals surface area contributed by atoms with Gasteiger partial charge in [-0.2, -0.15) is 5.26 Å². The van der Waals surface area contributed by atoms with E-state index in [9.17, 15) is 19.6 Å². The summed E-state index contributed by atoms with van der Waals surface area (Å²) in [6, 6.07) is 32.3. The normalized spacial score (nSPS) is 12.0. The number of benzene rings is 4. The highest BCUT2D eigenvalue weighted by atomic mass is 35.5. The second-order valence-electron chi connectivity index (χ2n) is 9.90. The molecule has 0 saturated carbocycles. The zero-order valence-corrected chi connectivity index (χ0v) is 25.3. The Morgan fingerprint density at radius 1 is 0.860 bits per heavy atom. The van der Waals surface area contributed by atoms with E-state index in [0.717, 1.165) is 22.9 Å². The molecule has 4 aromatic carbocycles. The minimum Gasteiger partial charge on any atom is -0.325 e. The van der Waals surface area contributed by atoms with Crippen molar-refractivity contribution < 1.29 is 14.4 Å². The average Bonchev–Trinajstić information content (AvgIpc) is 3.02. The Kier molecular flexibility index (Phi) is 10.9. The summed E-state index contributed by atoms with van der Waals surface area (Å²) in [5.74, 6) is -1.82. The number of carbonyl (C=O) groups excluding carboxylic acids is 3. The van der Waals surface area contributed by atoms with Crippen LogP contribution in [0.3, 0.4) is 0 Å². The van der Waals surface area contributed by atoms with Crippen LogP contribution in [-0.2, 0) is 4.79 Å². The molecule has 0 bridgehead atoms. The molecule has 0 saturated heterocycles. The molecule has 1 atom stereocenters. The summed E-state index contributed by atoms with van der Waals surface area (Å²) in [5, 5.41) is 16.8. The van der Waals surface area contributed by atoms with Gasteiger partial charge in [-0.25, -0.2) is 0 Å². The Labute approximate surface area is 260 Å². The predicted molar refractivity (Wildman–Crippen MR) is 173 cm³/mol. The van der Waals surface area contributed by atoms with E-state index in [1.165, 1.54) is 0 Å². The first-order valence-electron chi connectivity index (χ1n) is 13.6. The van der Waals surface area contributed by atoms with Crippen molar-refractivity contribution in [3.05, 3.63) is 147 Å². The van der Waals surface area contributed by atoms with Crippen molar-refractivity contribution in [3.63, 3.8) is 0 Å². The van der Waals surface area contributed by atoms with Gasteiger partial charge in [-0.15, -0.1) is 0 Å². The monoisotopic (exact) mass is 607 g/mol. The summed E-state index contributed by atoms with van der Waals surface area (Å²) in [7, 11) is 0. The highest BCUT2D eigenvalue weighted by molar-refractivity contribution is 8.03. The smallest absolute Gasteiger partial charge is 0.256 e. The minimum absolute atomic E-state index is 0.0728. The van der Waals surface area contributed by atoms with E-state index in [1.807, 2.05) is 38.1 Å². The summed E-state index contributed by atoms with van der Waals surface area (Å²) < 4.78 is 0. The van der Waals surface area contributed by atoms with Crippen LogP contribution in [0.4, 0.5) is 5.69 Å². The molecular formula is C35H30ClN3O3S. The third-order valence-corrected chi connectivity index (χ3v) is 8.11. The molecule has 0 aliphatic carbocycles. The Hall–Kier alpha value is -4.64. The first-order valence-corrected chi connectivity index (χ1v) is 15.0. The van der Waals surface area contributed by atoms with Crippen molar-refractivity contribution in [3.8, 4) is 6.07 Å². The number of amides is 2. The number of hydrogen-bond acceptors (Lipinski definition) is 5. The zero-order valence-electron chi connectivity index (χ0n) is 23.8. The summed E-state index contributed by atoms with van der Waals surface area (Å²) in [5.41, 5.74) is 4.25. The van der Waals surface area contributed by atoms with Gasteiger partial charge in [-0.05, 0) is 49.2 Å². The van der Waals surface area contributed by atoms with Gasteiger partial charge in [0.05, 0.1) is 22.4 Å². The fraction of sp³-hybridized carbons (Fsp3) is 0.143. The third-order valence-electron chi connectivity index (χ3n) is 6.75. The number of carbonyl (C=O) groups is 3. The molecule has 0 radical (unpaired) electrons. The fourth-order valence-electron chi connectivity index (χ4n) is 4.56. The largest absolute Gasteiger partial charge is 0.325 e.